The van der Waals surface area contributed by atoms with E-state index in [2.05, 4.69) is 25.1 Å². The molecule has 0 saturated carbocycles. The Hall–Kier alpha value is -2.71. The summed E-state index contributed by atoms with van der Waals surface area (Å²) < 4.78 is 6.42. The molecule has 0 aliphatic rings. The first kappa shape index (κ1) is 15.7. The molecule has 0 fully saturated rings. The van der Waals surface area contributed by atoms with E-state index >= 15 is 0 Å². The van der Waals surface area contributed by atoms with Gasteiger partial charge < -0.3 is 15.6 Å². The third-order valence-electron chi connectivity index (χ3n) is 3.38. The van der Waals surface area contributed by atoms with Gasteiger partial charge in [0.05, 0.1) is 12.2 Å². The van der Waals surface area contributed by atoms with Crippen molar-refractivity contribution in [1.82, 2.24) is 25.2 Å². The van der Waals surface area contributed by atoms with E-state index in [4.69, 9.17) is 5.73 Å². The average molecular weight is 306 g/mol. The Morgan fingerprint density at radius 1 is 1.36 bits per heavy atom. The summed E-state index contributed by atoms with van der Waals surface area (Å²) in [6.45, 7) is 3.98. The van der Waals surface area contributed by atoms with E-state index in [9.17, 15) is 9.59 Å². The van der Waals surface area contributed by atoms with Crippen LogP contribution >= 0.6 is 0 Å². The van der Waals surface area contributed by atoms with Gasteiger partial charge in [0.1, 0.15) is 0 Å². The van der Waals surface area contributed by atoms with Crippen molar-refractivity contribution in [3.63, 3.8) is 0 Å². The molecule has 0 radical (unpaired) electrons. The van der Waals surface area contributed by atoms with Crippen LogP contribution < -0.4 is 11.1 Å². The number of hydrogen-bond acceptors (Lipinski definition) is 6. The van der Waals surface area contributed by atoms with Gasteiger partial charge in [-0.05, 0) is 25.8 Å². The zero-order valence-corrected chi connectivity index (χ0v) is 12.7. The number of nitrogens with zero attached hydrogens (tertiary/aromatic N) is 4. The topological polar surface area (TPSA) is 129 Å². The van der Waals surface area contributed by atoms with Crippen molar-refractivity contribution in [2.24, 2.45) is 12.8 Å². The molecule has 0 atom stereocenters. The van der Waals surface area contributed by atoms with Crippen LogP contribution in [0, 0.1) is 13.8 Å². The van der Waals surface area contributed by atoms with Gasteiger partial charge in [-0.2, -0.15) is 10.1 Å². The van der Waals surface area contributed by atoms with E-state index in [1.165, 1.54) is 0 Å². The fourth-order valence-electron chi connectivity index (χ4n) is 2.11. The van der Waals surface area contributed by atoms with Crippen molar-refractivity contribution in [3.05, 3.63) is 28.7 Å². The highest BCUT2D eigenvalue weighted by Gasteiger charge is 2.13. The number of carbonyl (C=O) groups excluding carboxylic acids is 2. The van der Waals surface area contributed by atoms with Crippen molar-refractivity contribution < 1.29 is 14.1 Å². The average Bonchev–Trinajstić information content (AvgIpc) is 3.02. The van der Waals surface area contributed by atoms with Crippen LogP contribution in [0.25, 0.3) is 0 Å². The molecule has 2 aromatic rings. The highest BCUT2D eigenvalue weighted by atomic mass is 16.5. The zero-order chi connectivity index (χ0) is 16.3. The molecule has 3 N–H and O–H groups in total. The number of amides is 2. The maximum absolute atomic E-state index is 11.8. The Morgan fingerprint density at radius 3 is 2.64 bits per heavy atom. The first-order chi connectivity index (χ1) is 10.4. The Morgan fingerprint density at radius 2 is 2.09 bits per heavy atom. The lowest BCUT2D eigenvalue weighted by atomic mass is 10.1. The molecule has 0 aliphatic heterocycles. The summed E-state index contributed by atoms with van der Waals surface area (Å²) >= 11 is 0. The lowest BCUT2D eigenvalue weighted by Crippen LogP contribution is -2.24. The van der Waals surface area contributed by atoms with Crippen LogP contribution in [0.2, 0.25) is 0 Å². The van der Waals surface area contributed by atoms with E-state index in [0.29, 0.717) is 12.8 Å². The summed E-state index contributed by atoms with van der Waals surface area (Å²) in [5, 5.41) is 10.5. The van der Waals surface area contributed by atoms with Crippen LogP contribution in [0.3, 0.4) is 0 Å². The van der Waals surface area contributed by atoms with Crippen molar-refractivity contribution in [2.75, 3.05) is 0 Å². The monoisotopic (exact) mass is 306 g/mol. The molecular formula is C13H18N6O3. The molecule has 0 bridgehead atoms. The number of nitrogens with one attached hydrogen (secondary N) is 1. The van der Waals surface area contributed by atoms with Crippen molar-refractivity contribution in [1.29, 1.82) is 0 Å². The molecule has 22 heavy (non-hydrogen) atoms. The highest BCUT2D eigenvalue weighted by Crippen LogP contribution is 2.13. The van der Waals surface area contributed by atoms with Crippen LogP contribution in [0.15, 0.2) is 4.52 Å². The predicted octanol–water partition coefficient (Wildman–Crippen LogP) is -0.232. The molecule has 0 spiro atoms. The van der Waals surface area contributed by atoms with Crippen molar-refractivity contribution in [2.45, 2.75) is 33.2 Å². The van der Waals surface area contributed by atoms with Gasteiger partial charge in [-0.25, -0.2) is 0 Å². The molecule has 0 unspecified atom stereocenters. The first-order valence-corrected chi connectivity index (χ1v) is 6.76. The van der Waals surface area contributed by atoms with E-state index in [1.54, 1.807) is 4.68 Å². The SMILES string of the molecule is Cc1nn(C)c(C)c1CCC(=O)NCc1noc(C(N)=O)n1. The predicted molar refractivity (Wildman–Crippen MR) is 75.7 cm³/mol. The summed E-state index contributed by atoms with van der Waals surface area (Å²) in [5.74, 6) is -1.01. The fourth-order valence-corrected chi connectivity index (χ4v) is 2.11. The molecule has 0 aromatic carbocycles. The molecule has 9 nitrogen and oxygen atoms in total. The van der Waals surface area contributed by atoms with E-state index < -0.39 is 5.91 Å². The Kier molecular flexibility index (Phi) is 4.54. The quantitative estimate of drug-likeness (QED) is 0.758. The number of nitrogens with two attached hydrogens (primary N) is 1. The lowest BCUT2D eigenvalue weighted by Gasteiger charge is -2.03. The molecule has 0 aliphatic carbocycles. The second-order valence-electron chi connectivity index (χ2n) is 4.93. The number of primary amides is 1. The molecule has 2 rings (SSSR count). The van der Waals surface area contributed by atoms with Crippen LogP contribution in [0.1, 0.15) is 39.9 Å². The van der Waals surface area contributed by atoms with Gasteiger partial charge in [0.15, 0.2) is 5.82 Å². The Bertz CT molecular complexity index is 703. The second-order valence-corrected chi connectivity index (χ2v) is 4.93. The van der Waals surface area contributed by atoms with E-state index in [-0.39, 0.29) is 24.2 Å². The Balaban J connectivity index is 1.84. The third kappa shape index (κ3) is 3.48. The van der Waals surface area contributed by atoms with Crippen molar-refractivity contribution in [3.8, 4) is 0 Å². The van der Waals surface area contributed by atoms with Gasteiger partial charge >= 0.3 is 11.8 Å². The lowest BCUT2D eigenvalue weighted by molar-refractivity contribution is -0.121. The number of carbonyl (C=O) groups is 2. The molecular weight excluding hydrogens is 288 g/mol. The summed E-state index contributed by atoms with van der Waals surface area (Å²) in [6.07, 6.45) is 0.935. The summed E-state index contributed by atoms with van der Waals surface area (Å²) in [7, 11) is 1.87. The summed E-state index contributed by atoms with van der Waals surface area (Å²) in [4.78, 5) is 26.4. The number of hydrogen-bond donors (Lipinski definition) is 2. The molecule has 118 valence electrons. The summed E-state index contributed by atoms with van der Waals surface area (Å²) in [6, 6.07) is 0. The van der Waals surface area contributed by atoms with Gasteiger partial charge in [-0.1, -0.05) is 5.16 Å². The standard InChI is InChI=1S/C13H18N6O3/c1-7-9(8(2)19(3)17-7)4-5-11(20)15-6-10-16-13(12(14)21)22-18-10/h4-6H2,1-3H3,(H2,14,21)(H,15,20). The number of rotatable bonds is 6. The number of aryl methyl sites for hydroxylation is 2. The van der Waals surface area contributed by atoms with E-state index in [0.717, 1.165) is 17.0 Å². The second kappa shape index (κ2) is 6.37. The van der Waals surface area contributed by atoms with Gasteiger partial charge in [0.2, 0.25) is 5.91 Å². The van der Waals surface area contributed by atoms with Gasteiger partial charge in [-0.15, -0.1) is 0 Å². The minimum Gasteiger partial charge on any atom is -0.361 e. The third-order valence-corrected chi connectivity index (χ3v) is 3.38. The smallest absolute Gasteiger partial charge is 0.315 e. The molecule has 2 aromatic heterocycles. The molecule has 0 saturated heterocycles. The van der Waals surface area contributed by atoms with Crippen molar-refractivity contribution >= 4 is 11.8 Å². The van der Waals surface area contributed by atoms with Crippen LogP contribution in [0.5, 0.6) is 0 Å². The highest BCUT2D eigenvalue weighted by molar-refractivity contribution is 5.87. The largest absolute Gasteiger partial charge is 0.361 e. The van der Waals surface area contributed by atoms with Gasteiger partial charge in [-0.3, -0.25) is 14.3 Å². The first-order valence-electron chi connectivity index (χ1n) is 6.76. The molecule has 2 heterocycles. The molecule has 9 heteroatoms. The minimum atomic E-state index is -0.799. The summed E-state index contributed by atoms with van der Waals surface area (Å²) in [5.41, 5.74) is 8.05. The normalized spacial score (nSPS) is 10.7. The number of aromatic nitrogens is 4. The van der Waals surface area contributed by atoms with E-state index in [1.807, 2.05) is 20.9 Å². The van der Waals surface area contributed by atoms with Crippen LogP contribution in [0.4, 0.5) is 0 Å². The Labute approximate surface area is 126 Å². The maximum Gasteiger partial charge on any atom is 0.315 e. The van der Waals surface area contributed by atoms with Crippen LogP contribution in [-0.4, -0.2) is 31.7 Å². The van der Waals surface area contributed by atoms with Gasteiger partial charge in [0, 0.05) is 19.2 Å². The zero-order valence-electron chi connectivity index (χ0n) is 12.7. The maximum atomic E-state index is 11.8. The van der Waals surface area contributed by atoms with Crippen LogP contribution in [-0.2, 0) is 24.8 Å². The minimum absolute atomic E-state index is 0.0839. The fraction of sp³-hybridized carbons (Fsp3) is 0.462. The molecule has 2 amide bonds. The van der Waals surface area contributed by atoms with Gasteiger partial charge in [0.25, 0.3) is 0 Å².